The van der Waals surface area contributed by atoms with Gasteiger partial charge in [-0.1, -0.05) is 35.9 Å². The van der Waals surface area contributed by atoms with Crippen molar-refractivity contribution in [1.82, 2.24) is 10.2 Å². The highest BCUT2D eigenvalue weighted by Gasteiger charge is 2.30. The molecule has 0 aliphatic rings. The number of nitrogens with zero attached hydrogens (tertiary/aromatic N) is 2. The molecule has 1 N–H and O–H groups in total. The van der Waals surface area contributed by atoms with Crippen molar-refractivity contribution in [1.29, 1.82) is 0 Å². The molecule has 1 atom stereocenters. The second-order valence-electron chi connectivity index (χ2n) is 8.19. The van der Waals surface area contributed by atoms with Crippen LogP contribution in [0.5, 0.6) is 0 Å². The maximum atomic E-state index is 13.4. The van der Waals surface area contributed by atoms with E-state index in [-0.39, 0.29) is 12.5 Å². The van der Waals surface area contributed by atoms with Gasteiger partial charge in [0.05, 0.1) is 11.9 Å². The standard InChI is InChI=1S/C24H33N3O4S/c1-7-25-24(29)20(5)26(15-21-10-8-17(2)9-11-21)23(28)16-27(32(6,30)31)22-13-18(3)12-19(4)14-22/h8-14,20H,7,15-16H2,1-6H3,(H,25,29)/t20-/m0/s1. The number of likely N-dealkylation sites (N-methyl/N-ethyl adjacent to an activating group) is 1. The Morgan fingerprint density at radius 2 is 1.53 bits per heavy atom. The fourth-order valence-corrected chi connectivity index (χ4v) is 4.34. The highest BCUT2D eigenvalue weighted by atomic mass is 32.2. The molecular weight excluding hydrogens is 426 g/mol. The molecule has 0 spiro atoms. The third-order valence-corrected chi connectivity index (χ3v) is 6.31. The number of amides is 2. The fourth-order valence-electron chi connectivity index (χ4n) is 3.50. The first-order valence-electron chi connectivity index (χ1n) is 10.6. The average Bonchev–Trinajstić information content (AvgIpc) is 2.69. The molecule has 0 unspecified atom stereocenters. The van der Waals surface area contributed by atoms with Crippen molar-refractivity contribution < 1.29 is 18.0 Å². The van der Waals surface area contributed by atoms with Crippen molar-refractivity contribution in [2.24, 2.45) is 0 Å². The normalized spacial score (nSPS) is 12.2. The molecule has 0 radical (unpaired) electrons. The van der Waals surface area contributed by atoms with Crippen LogP contribution >= 0.6 is 0 Å². The lowest BCUT2D eigenvalue weighted by Crippen LogP contribution is -2.51. The summed E-state index contributed by atoms with van der Waals surface area (Å²) in [4.78, 5) is 27.4. The van der Waals surface area contributed by atoms with Gasteiger partial charge < -0.3 is 10.2 Å². The maximum absolute atomic E-state index is 13.4. The van der Waals surface area contributed by atoms with E-state index in [9.17, 15) is 18.0 Å². The van der Waals surface area contributed by atoms with E-state index >= 15 is 0 Å². The van der Waals surface area contributed by atoms with Gasteiger partial charge in [-0.2, -0.15) is 0 Å². The van der Waals surface area contributed by atoms with Crippen LogP contribution in [0.4, 0.5) is 5.69 Å². The van der Waals surface area contributed by atoms with Crippen LogP contribution in [-0.4, -0.2) is 50.5 Å². The molecule has 0 saturated carbocycles. The van der Waals surface area contributed by atoms with E-state index in [2.05, 4.69) is 5.32 Å². The van der Waals surface area contributed by atoms with Gasteiger partial charge in [0.1, 0.15) is 12.6 Å². The molecule has 8 heteroatoms. The molecule has 7 nitrogen and oxygen atoms in total. The summed E-state index contributed by atoms with van der Waals surface area (Å²) in [5, 5.41) is 2.74. The van der Waals surface area contributed by atoms with Gasteiger partial charge in [-0.15, -0.1) is 0 Å². The Balaban J connectivity index is 2.40. The van der Waals surface area contributed by atoms with E-state index in [0.717, 1.165) is 32.8 Å². The van der Waals surface area contributed by atoms with Crippen LogP contribution in [0.1, 0.15) is 36.1 Å². The van der Waals surface area contributed by atoms with Gasteiger partial charge in [0, 0.05) is 13.1 Å². The van der Waals surface area contributed by atoms with E-state index in [1.807, 2.05) is 58.0 Å². The molecule has 174 valence electrons. The van der Waals surface area contributed by atoms with Crippen molar-refractivity contribution in [2.75, 3.05) is 23.7 Å². The Kier molecular flexibility index (Phi) is 8.44. The molecular formula is C24H33N3O4S. The summed E-state index contributed by atoms with van der Waals surface area (Å²) >= 11 is 0. The van der Waals surface area contributed by atoms with Crippen LogP contribution in [0.25, 0.3) is 0 Å². The van der Waals surface area contributed by atoms with Crippen molar-refractivity contribution >= 4 is 27.5 Å². The minimum absolute atomic E-state index is 0.196. The first-order valence-corrected chi connectivity index (χ1v) is 12.5. The summed E-state index contributed by atoms with van der Waals surface area (Å²) < 4.78 is 26.3. The molecule has 0 aromatic heterocycles. The molecule has 2 aromatic rings. The van der Waals surface area contributed by atoms with Crippen LogP contribution in [0.2, 0.25) is 0 Å². The minimum Gasteiger partial charge on any atom is -0.355 e. The number of rotatable bonds is 9. The molecule has 2 rings (SSSR count). The van der Waals surface area contributed by atoms with Crippen LogP contribution in [-0.2, 0) is 26.2 Å². The molecule has 2 amide bonds. The highest BCUT2D eigenvalue weighted by molar-refractivity contribution is 7.92. The Bertz CT molecular complexity index is 1040. The van der Waals surface area contributed by atoms with Crippen molar-refractivity contribution in [3.63, 3.8) is 0 Å². The zero-order valence-electron chi connectivity index (χ0n) is 19.7. The van der Waals surface area contributed by atoms with Gasteiger partial charge in [-0.25, -0.2) is 8.42 Å². The minimum atomic E-state index is -3.73. The quantitative estimate of drug-likeness (QED) is 0.625. The zero-order chi connectivity index (χ0) is 24.1. The van der Waals surface area contributed by atoms with E-state index in [1.165, 1.54) is 4.90 Å². The molecule has 0 bridgehead atoms. The van der Waals surface area contributed by atoms with Gasteiger partial charge in [0.15, 0.2) is 0 Å². The average molecular weight is 460 g/mol. The van der Waals surface area contributed by atoms with E-state index < -0.39 is 28.5 Å². The Labute approximate surface area is 191 Å². The van der Waals surface area contributed by atoms with Crippen LogP contribution in [0.3, 0.4) is 0 Å². The summed E-state index contributed by atoms with van der Waals surface area (Å²) in [5.41, 5.74) is 4.17. The monoisotopic (exact) mass is 459 g/mol. The zero-order valence-corrected chi connectivity index (χ0v) is 20.5. The van der Waals surface area contributed by atoms with Gasteiger partial charge in [-0.3, -0.25) is 13.9 Å². The fraction of sp³-hybridized carbons (Fsp3) is 0.417. The third kappa shape index (κ3) is 6.82. The maximum Gasteiger partial charge on any atom is 0.244 e. The third-order valence-electron chi connectivity index (χ3n) is 5.17. The number of anilines is 1. The number of hydrogen-bond donors (Lipinski definition) is 1. The SMILES string of the molecule is CCNC(=O)[C@H](C)N(Cc1ccc(C)cc1)C(=O)CN(c1cc(C)cc(C)c1)S(C)(=O)=O. The number of sulfonamides is 1. The Hall–Kier alpha value is -2.87. The van der Waals surface area contributed by atoms with E-state index in [0.29, 0.717) is 12.2 Å². The van der Waals surface area contributed by atoms with Crippen molar-refractivity contribution in [3.8, 4) is 0 Å². The van der Waals surface area contributed by atoms with Crippen molar-refractivity contribution in [3.05, 3.63) is 64.7 Å². The predicted molar refractivity (Wildman–Crippen MR) is 128 cm³/mol. The smallest absolute Gasteiger partial charge is 0.244 e. The second-order valence-corrected chi connectivity index (χ2v) is 10.1. The van der Waals surface area contributed by atoms with Gasteiger partial charge >= 0.3 is 0 Å². The first-order chi connectivity index (χ1) is 14.9. The number of aryl methyl sites for hydroxylation is 3. The Morgan fingerprint density at radius 3 is 2.03 bits per heavy atom. The Morgan fingerprint density at radius 1 is 0.969 bits per heavy atom. The lowest BCUT2D eigenvalue weighted by atomic mass is 10.1. The molecule has 0 fully saturated rings. The number of carbonyl (C=O) groups is 2. The summed E-state index contributed by atoms with van der Waals surface area (Å²) in [6.07, 6.45) is 1.08. The second kappa shape index (κ2) is 10.6. The van der Waals surface area contributed by atoms with Gasteiger partial charge in [-0.05, 0) is 63.4 Å². The number of nitrogens with one attached hydrogen (secondary N) is 1. The van der Waals surface area contributed by atoms with Crippen LogP contribution < -0.4 is 9.62 Å². The number of benzene rings is 2. The van der Waals surface area contributed by atoms with E-state index in [1.54, 1.807) is 19.1 Å². The number of hydrogen-bond acceptors (Lipinski definition) is 4. The predicted octanol–water partition coefficient (Wildman–Crippen LogP) is 2.93. The van der Waals surface area contributed by atoms with Crippen molar-refractivity contribution in [2.45, 2.75) is 47.2 Å². The van der Waals surface area contributed by atoms with Crippen LogP contribution in [0.15, 0.2) is 42.5 Å². The van der Waals surface area contributed by atoms with Crippen LogP contribution in [0, 0.1) is 20.8 Å². The largest absolute Gasteiger partial charge is 0.355 e. The lowest BCUT2D eigenvalue weighted by molar-refractivity contribution is -0.139. The number of carbonyl (C=O) groups excluding carboxylic acids is 2. The first kappa shape index (κ1) is 25.4. The molecule has 32 heavy (non-hydrogen) atoms. The van der Waals surface area contributed by atoms with Gasteiger partial charge in [0.2, 0.25) is 21.8 Å². The highest BCUT2D eigenvalue weighted by Crippen LogP contribution is 2.22. The molecule has 0 aliphatic carbocycles. The summed E-state index contributed by atoms with van der Waals surface area (Å²) in [6.45, 7) is 9.42. The molecule has 0 aliphatic heterocycles. The lowest BCUT2D eigenvalue weighted by Gasteiger charge is -2.31. The topological polar surface area (TPSA) is 86.8 Å². The molecule has 0 heterocycles. The van der Waals surface area contributed by atoms with E-state index in [4.69, 9.17) is 0 Å². The molecule has 0 saturated heterocycles. The summed E-state index contributed by atoms with van der Waals surface area (Å²) in [5.74, 6) is -0.737. The molecule has 2 aromatic carbocycles. The summed E-state index contributed by atoms with van der Waals surface area (Å²) in [7, 11) is -3.73. The summed E-state index contributed by atoms with van der Waals surface area (Å²) in [6, 6.07) is 12.3. The van der Waals surface area contributed by atoms with Gasteiger partial charge in [0.25, 0.3) is 0 Å².